The Morgan fingerprint density at radius 3 is 2.30 bits per heavy atom. The number of hydrogen-bond donors (Lipinski definition) is 1. The van der Waals surface area contributed by atoms with Crippen LogP contribution in [-0.4, -0.2) is 67.0 Å². The fraction of sp³-hybridized carbons (Fsp3) is 0.429. The smallest absolute Gasteiger partial charge is 0.374 e. The average molecular weight is 670 g/mol. The lowest BCUT2D eigenvalue weighted by Gasteiger charge is -2.29. The van der Waals surface area contributed by atoms with Crippen molar-refractivity contribution in [3.63, 3.8) is 0 Å². The fourth-order valence-electron chi connectivity index (χ4n) is 4.23. The van der Waals surface area contributed by atoms with Gasteiger partial charge in [-0.1, -0.05) is 47.8 Å². The summed E-state index contributed by atoms with van der Waals surface area (Å²) in [5.41, 5.74) is -3.20. The van der Waals surface area contributed by atoms with Crippen molar-refractivity contribution in [2.45, 2.75) is 51.1 Å². The topological polar surface area (TPSA) is 97.3 Å². The third-order valence-electron chi connectivity index (χ3n) is 6.51. The number of aryl methyl sites for hydroxylation is 1. The molecule has 0 radical (unpaired) electrons. The lowest BCUT2D eigenvalue weighted by Crippen LogP contribution is -2.47. The van der Waals surface area contributed by atoms with Crippen molar-refractivity contribution < 1.29 is 50.3 Å². The van der Waals surface area contributed by atoms with Gasteiger partial charge in [-0.15, -0.1) is 0 Å². The minimum absolute atomic E-state index is 0.0474. The second-order valence-corrected chi connectivity index (χ2v) is 10.8. The van der Waals surface area contributed by atoms with E-state index in [1.165, 1.54) is 31.2 Å². The Bertz CT molecular complexity index is 1410. The van der Waals surface area contributed by atoms with Crippen molar-refractivity contribution in [3.05, 3.63) is 68.7 Å². The van der Waals surface area contributed by atoms with E-state index in [0.717, 1.165) is 18.6 Å². The molecule has 1 aliphatic rings. The highest BCUT2D eigenvalue weighted by molar-refractivity contribution is 6.34. The number of benzene rings is 2. The van der Waals surface area contributed by atoms with Gasteiger partial charge in [0, 0.05) is 34.2 Å². The number of unbranched alkanes of at least 4 members (excludes halogenated alkanes) is 1. The highest BCUT2D eigenvalue weighted by Gasteiger charge is 2.62. The first-order valence-electron chi connectivity index (χ1n) is 13.1. The summed E-state index contributed by atoms with van der Waals surface area (Å²) in [5.74, 6) is -3.24. The number of ether oxygens (including phenoxy) is 1. The van der Waals surface area contributed by atoms with E-state index in [1.54, 1.807) is 5.32 Å². The molecule has 240 valence electrons. The first-order chi connectivity index (χ1) is 20.5. The van der Waals surface area contributed by atoms with Crippen LogP contribution in [0.3, 0.4) is 0 Å². The molecule has 1 aliphatic heterocycles. The van der Waals surface area contributed by atoms with Crippen molar-refractivity contribution >= 4 is 46.6 Å². The molecule has 0 saturated carbocycles. The van der Waals surface area contributed by atoms with E-state index < -0.39 is 61.8 Å². The number of nitrogens with one attached hydrogen (secondary N) is 1. The maximum absolute atomic E-state index is 14.4. The van der Waals surface area contributed by atoms with Crippen LogP contribution in [0.25, 0.3) is 0 Å². The lowest BCUT2D eigenvalue weighted by molar-refractivity contribution is -0.275. The summed E-state index contributed by atoms with van der Waals surface area (Å²) in [7, 11) is 0. The number of carbonyl (C=O) groups excluding carboxylic acids is 3. The second kappa shape index (κ2) is 14.2. The Kier molecular flexibility index (Phi) is 11.3. The second-order valence-electron chi connectivity index (χ2n) is 9.90. The van der Waals surface area contributed by atoms with Gasteiger partial charge < -0.3 is 14.9 Å². The predicted octanol–water partition coefficient (Wildman–Crippen LogP) is 6.35. The zero-order valence-electron chi connectivity index (χ0n) is 23.4. The Balaban J connectivity index is 1.87. The van der Waals surface area contributed by atoms with E-state index in [1.807, 2.05) is 6.92 Å². The molecule has 2 aromatic rings. The maximum Gasteiger partial charge on any atom is 0.435 e. The van der Waals surface area contributed by atoms with Crippen LogP contribution in [0.4, 0.5) is 26.3 Å². The maximum atomic E-state index is 14.4. The van der Waals surface area contributed by atoms with Crippen molar-refractivity contribution in [2.75, 3.05) is 26.3 Å². The number of oxime groups is 1. The number of rotatable bonds is 11. The van der Waals surface area contributed by atoms with E-state index >= 15 is 0 Å². The minimum atomic E-state index is -4.94. The molecule has 1 atom stereocenters. The third-order valence-corrected chi connectivity index (χ3v) is 6.94. The number of imide groups is 1. The molecular formula is C28H27Cl2F6N3O5. The number of alkyl halides is 6. The molecule has 1 N–H and O–H groups in total. The zero-order valence-corrected chi connectivity index (χ0v) is 24.9. The summed E-state index contributed by atoms with van der Waals surface area (Å²) in [6.45, 7) is 0.152. The van der Waals surface area contributed by atoms with Crippen LogP contribution in [-0.2, 0) is 24.8 Å². The molecule has 8 nitrogen and oxygen atoms in total. The number of nitrogens with zero attached hydrogens (tertiary/aromatic N) is 2. The van der Waals surface area contributed by atoms with Gasteiger partial charge >= 0.3 is 12.4 Å². The predicted molar refractivity (Wildman–Crippen MR) is 148 cm³/mol. The number of amides is 3. The number of hydrogen-bond acceptors (Lipinski definition) is 6. The van der Waals surface area contributed by atoms with E-state index in [4.69, 9.17) is 32.8 Å². The summed E-state index contributed by atoms with van der Waals surface area (Å²) >= 11 is 11.9. The molecule has 0 aromatic heterocycles. The molecule has 1 unspecified atom stereocenters. The molecule has 2 aromatic carbocycles. The van der Waals surface area contributed by atoms with Crippen molar-refractivity contribution in [3.8, 4) is 0 Å². The molecule has 3 rings (SSSR count). The first-order valence-corrected chi connectivity index (χ1v) is 13.9. The standard InChI is InChI=1S/C28H27Cl2F6N3O5/c1-3-4-7-43-14-24(41)39(13-23(40)37-15-27(31,32)33)25(42)21-6-5-17(8-16(21)2)22-12-26(44-38-22,28(34,35)36)18-9-19(29)11-20(30)10-18/h5-6,8-11H,3-4,7,12-15H2,1-2H3,(H,37,40). The van der Waals surface area contributed by atoms with Gasteiger partial charge in [0.05, 0.1) is 5.71 Å². The number of halogens is 8. The Morgan fingerprint density at radius 1 is 1.07 bits per heavy atom. The highest BCUT2D eigenvalue weighted by atomic mass is 35.5. The third kappa shape index (κ3) is 8.63. The van der Waals surface area contributed by atoms with Gasteiger partial charge in [-0.05, 0) is 54.8 Å². The Labute approximate surface area is 258 Å². The molecule has 44 heavy (non-hydrogen) atoms. The van der Waals surface area contributed by atoms with Gasteiger partial charge in [-0.3, -0.25) is 19.3 Å². The first kappa shape index (κ1) is 35.1. The quantitative estimate of drug-likeness (QED) is 0.222. The van der Waals surface area contributed by atoms with Crippen molar-refractivity contribution in [2.24, 2.45) is 5.16 Å². The van der Waals surface area contributed by atoms with Gasteiger partial charge in [-0.25, -0.2) is 0 Å². The van der Waals surface area contributed by atoms with Gasteiger partial charge in [-0.2, -0.15) is 26.3 Å². The fourth-order valence-corrected chi connectivity index (χ4v) is 4.76. The van der Waals surface area contributed by atoms with Crippen LogP contribution in [0, 0.1) is 6.92 Å². The van der Waals surface area contributed by atoms with Crippen LogP contribution in [0.2, 0.25) is 10.0 Å². The molecule has 0 bridgehead atoms. The Hall–Kier alpha value is -3.36. The molecule has 1 heterocycles. The Morgan fingerprint density at radius 2 is 1.73 bits per heavy atom. The van der Waals surface area contributed by atoms with Crippen LogP contribution < -0.4 is 5.32 Å². The van der Waals surface area contributed by atoms with Crippen molar-refractivity contribution in [1.29, 1.82) is 0 Å². The normalized spacial score (nSPS) is 16.7. The number of carbonyl (C=O) groups is 3. The lowest BCUT2D eigenvalue weighted by atomic mass is 9.86. The molecule has 16 heteroatoms. The van der Waals surface area contributed by atoms with E-state index in [0.29, 0.717) is 11.3 Å². The molecule has 0 spiro atoms. The van der Waals surface area contributed by atoms with Crippen LogP contribution >= 0.6 is 23.2 Å². The summed E-state index contributed by atoms with van der Waals surface area (Å²) in [6.07, 6.45) is -9.08. The zero-order chi connectivity index (χ0) is 32.9. The van der Waals surface area contributed by atoms with E-state index in [2.05, 4.69) is 5.16 Å². The van der Waals surface area contributed by atoms with E-state index in [9.17, 15) is 40.7 Å². The van der Waals surface area contributed by atoms with Crippen LogP contribution in [0.15, 0.2) is 41.6 Å². The van der Waals surface area contributed by atoms with Crippen LogP contribution in [0.1, 0.15) is 53.2 Å². The van der Waals surface area contributed by atoms with Gasteiger partial charge in [0.25, 0.3) is 17.4 Å². The molecule has 0 saturated heterocycles. The van der Waals surface area contributed by atoms with Gasteiger partial charge in [0.2, 0.25) is 5.91 Å². The molecule has 0 fully saturated rings. The SMILES string of the molecule is CCCCOCC(=O)N(CC(=O)NCC(F)(F)F)C(=O)c1ccc(C2=NOC(c3cc(Cl)cc(Cl)c3)(C(F)(F)F)C2)cc1C. The van der Waals surface area contributed by atoms with Crippen molar-refractivity contribution in [1.82, 2.24) is 10.2 Å². The molecule has 3 amide bonds. The molecule has 0 aliphatic carbocycles. The minimum Gasteiger partial charge on any atom is -0.374 e. The monoisotopic (exact) mass is 669 g/mol. The summed E-state index contributed by atoms with van der Waals surface area (Å²) in [5, 5.41) is 5.18. The molecular weight excluding hydrogens is 643 g/mol. The summed E-state index contributed by atoms with van der Waals surface area (Å²) < 4.78 is 86.0. The van der Waals surface area contributed by atoms with Gasteiger partial charge in [0.15, 0.2) is 0 Å². The largest absolute Gasteiger partial charge is 0.435 e. The van der Waals surface area contributed by atoms with Gasteiger partial charge in [0.1, 0.15) is 19.7 Å². The van der Waals surface area contributed by atoms with Crippen LogP contribution in [0.5, 0.6) is 0 Å². The average Bonchev–Trinajstić information content (AvgIpc) is 3.39. The summed E-state index contributed by atoms with van der Waals surface area (Å²) in [4.78, 5) is 43.8. The summed E-state index contributed by atoms with van der Waals surface area (Å²) in [6, 6.07) is 7.19. The highest BCUT2D eigenvalue weighted by Crippen LogP contribution is 2.49. The van der Waals surface area contributed by atoms with E-state index in [-0.39, 0.29) is 44.6 Å².